The smallest absolute Gasteiger partial charge is 0.0728 e. The lowest BCUT2D eigenvalue weighted by Gasteiger charge is -2.26. The maximum absolute atomic E-state index is 6.14. The molecule has 1 rings (SSSR count). The highest BCUT2D eigenvalue weighted by molar-refractivity contribution is 4.94. The average Bonchev–Trinajstić information content (AvgIpc) is 2.34. The second-order valence-electron chi connectivity index (χ2n) is 3.44. The van der Waals surface area contributed by atoms with Gasteiger partial charge in [-0.3, -0.25) is 0 Å². The third kappa shape index (κ3) is 2.19. The van der Waals surface area contributed by atoms with Crippen LogP contribution in [0.25, 0.3) is 0 Å². The van der Waals surface area contributed by atoms with Crippen LogP contribution in [-0.4, -0.2) is 31.5 Å². The monoisotopic (exact) mass is 173 g/mol. The molecule has 3 nitrogen and oxygen atoms in total. The Labute approximate surface area is 74.2 Å². The summed E-state index contributed by atoms with van der Waals surface area (Å²) in [4.78, 5) is 0. The number of nitrogens with two attached hydrogens (primary N) is 1. The van der Waals surface area contributed by atoms with E-state index < -0.39 is 0 Å². The standard InChI is InChI=1S/C9H19NO2/c1-3-11-6-4-9(10)5-7-12-8(9)2/h8H,3-7,10H2,1-2H3. The molecule has 0 aromatic carbocycles. The van der Waals surface area contributed by atoms with Crippen LogP contribution in [0.5, 0.6) is 0 Å². The van der Waals surface area contributed by atoms with E-state index in [9.17, 15) is 0 Å². The highest BCUT2D eigenvalue weighted by Gasteiger charge is 2.37. The molecular weight excluding hydrogens is 154 g/mol. The third-order valence-electron chi connectivity index (χ3n) is 2.66. The minimum Gasteiger partial charge on any atom is -0.382 e. The number of hydrogen-bond donors (Lipinski definition) is 1. The first-order valence-corrected chi connectivity index (χ1v) is 4.67. The summed E-state index contributed by atoms with van der Waals surface area (Å²) in [5.74, 6) is 0. The fraction of sp³-hybridized carbons (Fsp3) is 1.00. The molecule has 2 N–H and O–H groups in total. The van der Waals surface area contributed by atoms with Crippen LogP contribution in [0.1, 0.15) is 26.7 Å². The Kier molecular flexibility index (Phi) is 3.50. The zero-order valence-electron chi connectivity index (χ0n) is 8.01. The van der Waals surface area contributed by atoms with Gasteiger partial charge in [-0.1, -0.05) is 0 Å². The van der Waals surface area contributed by atoms with Crippen LogP contribution in [0.2, 0.25) is 0 Å². The molecule has 1 saturated heterocycles. The van der Waals surface area contributed by atoms with Gasteiger partial charge in [0.2, 0.25) is 0 Å². The summed E-state index contributed by atoms with van der Waals surface area (Å²) < 4.78 is 10.7. The van der Waals surface area contributed by atoms with E-state index in [4.69, 9.17) is 15.2 Å². The molecule has 1 heterocycles. The first-order chi connectivity index (χ1) is 5.69. The van der Waals surface area contributed by atoms with E-state index in [1.807, 2.05) is 13.8 Å². The molecule has 0 radical (unpaired) electrons. The molecule has 0 aromatic rings. The Balaban J connectivity index is 2.27. The molecule has 72 valence electrons. The Hall–Kier alpha value is -0.120. The quantitative estimate of drug-likeness (QED) is 0.643. The SMILES string of the molecule is CCOCCC1(N)CCOC1C. The van der Waals surface area contributed by atoms with E-state index in [1.54, 1.807) is 0 Å². The molecule has 0 aromatic heterocycles. The minimum atomic E-state index is -0.144. The van der Waals surface area contributed by atoms with Gasteiger partial charge in [0.25, 0.3) is 0 Å². The molecule has 2 unspecified atom stereocenters. The van der Waals surface area contributed by atoms with Gasteiger partial charge in [0.15, 0.2) is 0 Å². The normalized spacial score (nSPS) is 35.8. The molecule has 1 aliphatic rings. The Morgan fingerprint density at radius 1 is 1.67 bits per heavy atom. The Morgan fingerprint density at radius 2 is 2.42 bits per heavy atom. The van der Waals surface area contributed by atoms with Gasteiger partial charge in [0, 0.05) is 25.4 Å². The molecule has 12 heavy (non-hydrogen) atoms. The van der Waals surface area contributed by atoms with E-state index in [0.29, 0.717) is 0 Å². The van der Waals surface area contributed by atoms with Crippen LogP contribution < -0.4 is 5.73 Å². The second kappa shape index (κ2) is 4.21. The van der Waals surface area contributed by atoms with E-state index in [-0.39, 0.29) is 11.6 Å². The third-order valence-corrected chi connectivity index (χ3v) is 2.66. The number of rotatable bonds is 4. The summed E-state index contributed by atoms with van der Waals surface area (Å²) in [5.41, 5.74) is 5.99. The second-order valence-corrected chi connectivity index (χ2v) is 3.44. The van der Waals surface area contributed by atoms with Crippen LogP contribution >= 0.6 is 0 Å². The summed E-state index contributed by atoms with van der Waals surface area (Å²) in [6.45, 7) is 6.35. The van der Waals surface area contributed by atoms with Crippen molar-refractivity contribution in [2.24, 2.45) is 5.73 Å². The van der Waals surface area contributed by atoms with Crippen molar-refractivity contribution in [3.8, 4) is 0 Å². The van der Waals surface area contributed by atoms with E-state index >= 15 is 0 Å². The molecule has 0 bridgehead atoms. The van der Waals surface area contributed by atoms with Crippen molar-refractivity contribution in [2.75, 3.05) is 19.8 Å². The van der Waals surface area contributed by atoms with Crippen molar-refractivity contribution in [1.29, 1.82) is 0 Å². The van der Waals surface area contributed by atoms with E-state index in [0.717, 1.165) is 32.7 Å². The zero-order chi connectivity index (χ0) is 9.03. The van der Waals surface area contributed by atoms with Crippen LogP contribution in [0.4, 0.5) is 0 Å². The summed E-state index contributed by atoms with van der Waals surface area (Å²) in [7, 11) is 0. The van der Waals surface area contributed by atoms with Crippen molar-refractivity contribution in [2.45, 2.75) is 38.3 Å². The maximum atomic E-state index is 6.14. The highest BCUT2D eigenvalue weighted by Crippen LogP contribution is 2.26. The lowest BCUT2D eigenvalue weighted by Crippen LogP contribution is -2.46. The lowest BCUT2D eigenvalue weighted by atomic mass is 9.90. The number of ether oxygens (including phenoxy) is 2. The van der Waals surface area contributed by atoms with Gasteiger partial charge in [0.05, 0.1) is 6.10 Å². The summed E-state index contributed by atoms with van der Waals surface area (Å²) >= 11 is 0. The molecule has 3 heteroatoms. The van der Waals surface area contributed by atoms with Gasteiger partial charge in [-0.05, 0) is 26.7 Å². The summed E-state index contributed by atoms with van der Waals surface area (Å²) in [6.07, 6.45) is 2.04. The van der Waals surface area contributed by atoms with Gasteiger partial charge < -0.3 is 15.2 Å². The largest absolute Gasteiger partial charge is 0.382 e. The Bertz CT molecular complexity index is 140. The topological polar surface area (TPSA) is 44.5 Å². The molecule has 0 spiro atoms. The van der Waals surface area contributed by atoms with Crippen molar-refractivity contribution in [1.82, 2.24) is 0 Å². The van der Waals surface area contributed by atoms with E-state index in [2.05, 4.69) is 0 Å². The van der Waals surface area contributed by atoms with Gasteiger partial charge >= 0.3 is 0 Å². The van der Waals surface area contributed by atoms with Gasteiger partial charge in [-0.2, -0.15) is 0 Å². The molecule has 2 atom stereocenters. The predicted molar refractivity (Wildman–Crippen MR) is 48.1 cm³/mol. The molecule has 1 fully saturated rings. The predicted octanol–water partition coefficient (Wildman–Crippen LogP) is 0.919. The molecule has 1 aliphatic heterocycles. The highest BCUT2D eigenvalue weighted by atomic mass is 16.5. The van der Waals surface area contributed by atoms with Gasteiger partial charge in [-0.15, -0.1) is 0 Å². The molecule has 0 amide bonds. The minimum absolute atomic E-state index is 0.144. The van der Waals surface area contributed by atoms with Gasteiger partial charge in [0.1, 0.15) is 0 Å². The van der Waals surface area contributed by atoms with Crippen molar-refractivity contribution < 1.29 is 9.47 Å². The van der Waals surface area contributed by atoms with Crippen LogP contribution in [0.3, 0.4) is 0 Å². The first kappa shape index (κ1) is 9.96. The fourth-order valence-electron chi connectivity index (χ4n) is 1.53. The van der Waals surface area contributed by atoms with Crippen molar-refractivity contribution >= 4 is 0 Å². The van der Waals surface area contributed by atoms with Crippen LogP contribution in [0.15, 0.2) is 0 Å². The van der Waals surface area contributed by atoms with Crippen LogP contribution in [-0.2, 0) is 9.47 Å². The fourth-order valence-corrected chi connectivity index (χ4v) is 1.53. The van der Waals surface area contributed by atoms with Crippen molar-refractivity contribution in [3.05, 3.63) is 0 Å². The zero-order valence-corrected chi connectivity index (χ0v) is 8.01. The summed E-state index contributed by atoms with van der Waals surface area (Å²) in [5, 5.41) is 0. The molecular formula is C9H19NO2. The lowest BCUT2D eigenvalue weighted by molar-refractivity contribution is 0.0720. The van der Waals surface area contributed by atoms with Gasteiger partial charge in [-0.25, -0.2) is 0 Å². The molecule has 0 saturated carbocycles. The molecule has 0 aliphatic carbocycles. The number of hydrogen-bond acceptors (Lipinski definition) is 3. The average molecular weight is 173 g/mol. The van der Waals surface area contributed by atoms with E-state index in [1.165, 1.54) is 0 Å². The van der Waals surface area contributed by atoms with Crippen LogP contribution in [0, 0.1) is 0 Å². The Morgan fingerprint density at radius 3 is 2.92 bits per heavy atom. The summed E-state index contributed by atoms with van der Waals surface area (Å²) in [6, 6.07) is 0. The maximum Gasteiger partial charge on any atom is 0.0728 e. The van der Waals surface area contributed by atoms with Crippen molar-refractivity contribution in [3.63, 3.8) is 0 Å². The first-order valence-electron chi connectivity index (χ1n) is 4.67.